The molecule has 1 atom stereocenters. The van der Waals surface area contributed by atoms with Crippen molar-refractivity contribution in [3.05, 3.63) is 24.3 Å². The minimum Gasteiger partial charge on any atom is -0.493 e. The molecule has 0 amide bonds. The van der Waals surface area contributed by atoms with E-state index in [2.05, 4.69) is 5.32 Å². The lowest BCUT2D eigenvalue weighted by atomic mass is 10.3. The molecule has 0 spiro atoms. The van der Waals surface area contributed by atoms with E-state index < -0.39 is 0 Å². The van der Waals surface area contributed by atoms with Gasteiger partial charge in [-0.2, -0.15) is 0 Å². The minimum absolute atomic E-state index is 0. The first-order chi connectivity index (χ1) is 6.90. The zero-order valence-corrected chi connectivity index (χ0v) is 9.55. The van der Waals surface area contributed by atoms with E-state index in [-0.39, 0.29) is 18.5 Å². The van der Waals surface area contributed by atoms with Gasteiger partial charge in [-0.3, -0.25) is 0 Å². The average Bonchev–Trinajstić information content (AvgIpc) is 2.71. The third-order valence-corrected chi connectivity index (χ3v) is 2.38. The van der Waals surface area contributed by atoms with Crippen molar-refractivity contribution >= 4 is 12.4 Å². The van der Waals surface area contributed by atoms with Gasteiger partial charge in [0.1, 0.15) is 6.10 Å². The topological polar surface area (TPSA) is 30.5 Å². The number of rotatable bonds is 3. The van der Waals surface area contributed by atoms with Gasteiger partial charge in [0.05, 0.1) is 7.11 Å². The molecular weight excluding hydrogens is 214 g/mol. The molecule has 2 rings (SSSR count). The molecule has 0 aliphatic carbocycles. The molecule has 0 radical (unpaired) electrons. The number of methoxy groups -OCH3 is 1. The second-order valence-corrected chi connectivity index (χ2v) is 3.38. The summed E-state index contributed by atoms with van der Waals surface area (Å²) in [5.41, 5.74) is 0. The third-order valence-electron chi connectivity index (χ3n) is 2.38. The number of benzene rings is 1. The lowest BCUT2D eigenvalue weighted by molar-refractivity contribution is 0.213. The summed E-state index contributed by atoms with van der Waals surface area (Å²) < 4.78 is 11.0. The maximum Gasteiger partial charge on any atom is 0.161 e. The third kappa shape index (κ3) is 3.01. The average molecular weight is 230 g/mol. The molecule has 15 heavy (non-hydrogen) atoms. The van der Waals surface area contributed by atoms with Crippen LogP contribution < -0.4 is 14.8 Å². The molecule has 0 bridgehead atoms. The maximum atomic E-state index is 5.81. The number of hydrogen-bond acceptors (Lipinski definition) is 3. The summed E-state index contributed by atoms with van der Waals surface area (Å²) in [4.78, 5) is 0. The Labute approximate surface area is 96.2 Å². The van der Waals surface area contributed by atoms with E-state index in [9.17, 15) is 0 Å². The molecule has 3 nitrogen and oxygen atoms in total. The van der Waals surface area contributed by atoms with Gasteiger partial charge in [-0.05, 0) is 25.1 Å². The Bertz CT molecular complexity index is 300. The summed E-state index contributed by atoms with van der Waals surface area (Å²) in [5.74, 6) is 1.64. The van der Waals surface area contributed by atoms with Gasteiger partial charge in [-0.15, -0.1) is 12.4 Å². The highest BCUT2D eigenvalue weighted by Gasteiger charge is 2.17. The van der Waals surface area contributed by atoms with Gasteiger partial charge in [0.2, 0.25) is 0 Å². The van der Waals surface area contributed by atoms with Gasteiger partial charge in [0.25, 0.3) is 0 Å². The van der Waals surface area contributed by atoms with Crippen molar-refractivity contribution in [2.24, 2.45) is 0 Å². The number of hydrogen-bond donors (Lipinski definition) is 1. The number of halogens is 1. The van der Waals surface area contributed by atoms with Crippen LogP contribution in [0.5, 0.6) is 11.5 Å². The molecule has 1 N–H and O–H groups in total. The first-order valence-electron chi connectivity index (χ1n) is 4.90. The summed E-state index contributed by atoms with van der Waals surface area (Å²) in [6.45, 7) is 1.97. The van der Waals surface area contributed by atoms with Crippen molar-refractivity contribution in [1.82, 2.24) is 5.32 Å². The SMILES string of the molecule is COc1ccccc1O[C@H]1CCNC1.Cl. The van der Waals surface area contributed by atoms with Crippen LogP contribution in [0.1, 0.15) is 6.42 Å². The Morgan fingerprint density at radius 1 is 1.27 bits per heavy atom. The molecule has 1 fully saturated rings. The number of nitrogens with one attached hydrogen (secondary N) is 1. The van der Waals surface area contributed by atoms with Crippen molar-refractivity contribution in [2.75, 3.05) is 20.2 Å². The van der Waals surface area contributed by atoms with Gasteiger partial charge in [-0.25, -0.2) is 0 Å². The molecule has 0 unspecified atom stereocenters. The fourth-order valence-electron chi connectivity index (χ4n) is 1.62. The highest BCUT2D eigenvalue weighted by Crippen LogP contribution is 2.27. The number of para-hydroxylation sites is 2. The van der Waals surface area contributed by atoms with E-state index in [1.54, 1.807) is 7.11 Å². The Morgan fingerprint density at radius 2 is 2.00 bits per heavy atom. The van der Waals surface area contributed by atoms with Crippen molar-refractivity contribution in [1.29, 1.82) is 0 Å². The summed E-state index contributed by atoms with van der Waals surface area (Å²) in [5, 5.41) is 3.26. The Hall–Kier alpha value is -0.930. The maximum absolute atomic E-state index is 5.81. The van der Waals surface area contributed by atoms with Crippen molar-refractivity contribution in [3.8, 4) is 11.5 Å². The van der Waals surface area contributed by atoms with Crippen LogP contribution in [0.4, 0.5) is 0 Å². The molecule has 1 aliphatic heterocycles. The fraction of sp³-hybridized carbons (Fsp3) is 0.455. The molecule has 84 valence electrons. The fourth-order valence-corrected chi connectivity index (χ4v) is 1.62. The largest absolute Gasteiger partial charge is 0.493 e. The van der Waals surface area contributed by atoms with Crippen molar-refractivity contribution in [3.63, 3.8) is 0 Å². The van der Waals surface area contributed by atoms with Crippen LogP contribution in [0.25, 0.3) is 0 Å². The van der Waals surface area contributed by atoms with Crippen LogP contribution >= 0.6 is 12.4 Å². The van der Waals surface area contributed by atoms with Gasteiger partial charge >= 0.3 is 0 Å². The van der Waals surface area contributed by atoms with E-state index >= 15 is 0 Å². The summed E-state index contributed by atoms with van der Waals surface area (Å²) in [6.07, 6.45) is 1.35. The predicted octanol–water partition coefficient (Wildman–Crippen LogP) is 1.86. The molecule has 1 aromatic rings. The first kappa shape index (κ1) is 12.1. The van der Waals surface area contributed by atoms with Gasteiger partial charge in [-0.1, -0.05) is 12.1 Å². The smallest absolute Gasteiger partial charge is 0.161 e. The second kappa shape index (κ2) is 5.83. The predicted molar refractivity (Wildman–Crippen MR) is 62.1 cm³/mol. The highest BCUT2D eigenvalue weighted by molar-refractivity contribution is 5.85. The molecular formula is C11H16ClNO2. The van der Waals surface area contributed by atoms with E-state index in [1.807, 2.05) is 24.3 Å². The second-order valence-electron chi connectivity index (χ2n) is 3.38. The van der Waals surface area contributed by atoms with E-state index in [4.69, 9.17) is 9.47 Å². The summed E-state index contributed by atoms with van der Waals surface area (Å²) in [7, 11) is 1.66. The molecule has 0 aromatic heterocycles. The molecule has 1 heterocycles. The van der Waals surface area contributed by atoms with Gasteiger partial charge in [0.15, 0.2) is 11.5 Å². The monoisotopic (exact) mass is 229 g/mol. The minimum atomic E-state index is 0. The Kier molecular flexibility index (Phi) is 4.72. The Balaban J connectivity index is 0.00000112. The van der Waals surface area contributed by atoms with E-state index in [0.717, 1.165) is 31.0 Å². The van der Waals surface area contributed by atoms with E-state index in [1.165, 1.54) is 0 Å². The van der Waals surface area contributed by atoms with Crippen LogP contribution in [0.15, 0.2) is 24.3 Å². The number of ether oxygens (including phenoxy) is 2. The molecule has 1 aliphatic rings. The van der Waals surface area contributed by atoms with Crippen LogP contribution in [-0.4, -0.2) is 26.3 Å². The lowest BCUT2D eigenvalue weighted by Gasteiger charge is -2.14. The van der Waals surface area contributed by atoms with Crippen LogP contribution in [0.2, 0.25) is 0 Å². The van der Waals surface area contributed by atoms with Gasteiger partial charge in [0, 0.05) is 6.54 Å². The quantitative estimate of drug-likeness (QED) is 0.858. The normalized spacial score (nSPS) is 19.4. The molecule has 4 heteroatoms. The molecule has 0 saturated carbocycles. The van der Waals surface area contributed by atoms with E-state index in [0.29, 0.717) is 0 Å². The molecule has 1 saturated heterocycles. The molecule has 1 aromatic carbocycles. The van der Waals surface area contributed by atoms with Crippen LogP contribution in [-0.2, 0) is 0 Å². The standard InChI is InChI=1S/C11H15NO2.ClH/c1-13-10-4-2-3-5-11(10)14-9-6-7-12-8-9;/h2-5,9,12H,6-8H2,1H3;1H/t9-;/m0./s1. The zero-order chi connectivity index (χ0) is 9.80. The lowest BCUT2D eigenvalue weighted by Crippen LogP contribution is -2.19. The zero-order valence-electron chi connectivity index (χ0n) is 8.73. The van der Waals surface area contributed by atoms with Crippen LogP contribution in [0, 0.1) is 0 Å². The highest BCUT2D eigenvalue weighted by atomic mass is 35.5. The first-order valence-corrected chi connectivity index (χ1v) is 4.90. The van der Waals surface area contributed by atoms with Crippen LogP contribution in [0.3, 0.4) is 0 Å². The van der Waals surface area contributed by atoms with Crippen molar-refractivity contribution < 1.29 is 9.47 Å². The Morgan fingerprint density at radius 3 is 2.60 bits per heavy atom. The summed E-state index contributed by atoms with van der Waals surface area (Å²) in [6, 6.07) is 7.76. The summed E-state index contributed by atoms with van der Waals surface area (Å²) >= 11 is 0. The van der Waals surface area contributed by atoms with Crippen molar-refractivity contribution in [2.45, 2.75) is 12.5 Å². The van der Waals surface area contributed by atoms with Gasteiger partial charge < -0.3 is 14.8 Å².